The molecule has 5 heteroatoms. The molecule has 0 bridgehead atoms. The predicted octanol–water partition coefficient (Wildman–Crippen LogP) is 21.2. The Labute approximate surface area is 436 Å². The standard InChI is InChI=1S/C65H118O5/c1-4-7-10-13-16-19-22-25-28-31-32-33-34-36-38-41-44-47-50-53-56-59-65(67)70-62-63(68-60-57-54-51-48-45-42-39-30-27-24-21-18-15-12-9-6-3)61-69-64(66)58-55-52-49-46-43-40-37-35-29-26-23-20-17-14-11-8-5-2/h17,20,25-26,28-29,37,40,46,49,63H,4-16,18-19,21-24,27,30-36,38-39,41-45,47-48,50-62H2,1-3H3/b20-17-,28-25-,29-26-,40-37-,49-46-/t63-/m1/s1. The second-order valence-corrected chi connectivity index (χ2v) is 20.6. The summed E-state index contributed by atoms with van der Waals surface area (Å²) in [5, 5.41) is 0. The van der Waals surface area contributed by atoms with Crippen LogP contribution in [0.2, 0.25) is 0 Å². The Balaban J connectivity index is 4.28. The Morgan fingerprint density at radius 1 is 0.300 bits per heavy atom. The first-order chi connectivity index (χ1) is 34.6. The molecule has 0 unspecified atom stereocenters. The van der Waals surface area contributed by atoms with E-state index in [-0.39, 0.29) is 25.2 Å². The number of ether oxygens (including phenoxy) is 3. The third kappa shape index (κ3) is 58.2. The van der Waals surface area contributed by atoms with E-state index in [0.717, 1.165) is 57.8 Å². The van der Waals surface area contributed by atoms with Crippen molar-refractivity contribution in [3.8, 4) is 0 Å². The molecule has 0 saturated heterocycles. The van der Waals surface area contributed by atoms with E-state index in [0.29, 0.717) is 19.4 Å². The van der Waals surface area contributed by atoms with Crippen LogP contribution in [0.1, 0.15) is 316 Å². The average Bonchev–Trinajstić information content (AvgIpc) is 3.36. The van der Waals surface area contributed by atoms with Crippen LogP contribution >= 0.6 is 0 Å². The Bertz CT molecular complexity index is 1200. The molecule has 0 N–H and O–H groups in total. The smallest absolute Gasteiger partial charge is 0.305 e. The Morgan fingerprint density at radius 2 is 0.557 bits per heavy atom. The summed E-state index contributed by atoms with van der Waals surface area (Å²) in [5.74, 6) is -0.384. The Morgan fingerprint density at radius 3 is 0.943 bits per heavy atom. The summed E-state index contributed by atoms with van der Waals surface area (Å²) in [4.78, 5) is 25.4. The van der Waals surface area contributed by atoms with Gasteiger partial charge >= 0.3 is 11.9 Å². The summed E-state index contributed by atoms with van der Waals surface area (Å²) in [5.41, 5.74) is 0. The highest BCUT2D eigenvalue weighted by Gasteiger charge is 2.16. The topological polar surface area (TPSA) is 61.8 Å². The normalized spacial score (nSPS) is 12.6. The molecule has 0 saturated carbocycles. The fourth-order valence-electron chi connectivity index (χ4n) is 8.89. The molecular weight excluding hydrogens is 861 g/mol. The lowest BCUT2D eigenvalue weighted by Crippen LogP contribution is -2.29. The number of hydrogen-bond donors (Lipinski definition) is 0. The van der Waals surface area contributed by atoms with Crippen molar-refractivity contribution < 1.29 is 23.8 Å². The van der Waals surface area contributed by atoms with E-state index in [4.69, 9.17) is 14.2 Å². The highest BCUT2D eigenvalue weighted by molar-refractivity contribution is 5.69. The quantitative estimate of drug-likeness (QED) is 0.0345. The first kappa shape index (κ1) is 67.6. The van der Waals surface area contributed by atoms with Gasteiger partial charge in [-0.25, -0.2) is 0 Å². The van der Waals surface area contributed by atoms with Crippen molar-refractivity contribution in [3.05, 3.63) is 60.8 Å². The van der Waals surface area contributed by atoms with Crippen molar-refractivity contribution in [2.75, 3.05) is 19.8 Å². The minimum atomic E-state index is -0.422. The Hall–Kier alpha value is -2.40. The predicted molar refractivity (Wildman–Crippen MR) is 307 cm³/mol. The molecule has 0 heterocycles. The maximum atomic E-state index is 12.7. The van der Waals surface area contributed by atoms with Crippen LogP contribution < -0.4 is 0 Å². The van der Waals surface area contributed by atoms with Gasteiger partial charge in [0, 0.05) is 19.4 Å². The molecule has 70 heavy (non-hydrogen) atoms. The summed E-state index contributed by atoms with van der Waals surface area (Å²) in [7, 11) is 0. The van der Waals surface area contributed by atoms with Crippen LogP contribution in [0.25, 0.3) is 0 Å². The van der Waals surface area contributed by atoms with E-state index in [9.17, 15) is 9.59 Å². The van der Waals surface area contributed by atoms with E-state index in [2.05, 4.69) is 81.5 Å². The molecule has 0 aromatic rings. The first-order valence-corrected chi connectivity index (χ1v) is 30.8. The van der Waals surface area contributed by atoms with Gasteiger partial charge in [0.25, 0.3) is 0 Å². The van der Waals surface area contributed by atoms with Crippen LogP contribution in [0.3, 0.4) is 0 Å². The van der Waals surface area contributed by atoms with Gasteiger partial charge in [0.1, 0.15) is 19.3 Å². The highest BCUT2D eigenvalue weighted by atomic mass is 16.6. The molecule has 0 aliphatic carbocycles. The monoisotopic (exact) mass is 979 g/mol. The van der Waals surface area contributed by atoms with Crippen LogP contribution in [-0.2, 0) is 23.8 Å². The maximum absolute atomic E-state index is 12.7. The average molecular weight is 980 g/mol. The van der Waals surface area contributed by atoms with E-state index < -0.39 is 6.10 Å². The van der Waals surface area contributed by atoms with Crippen LogP contribution in [0.15, 0.2) is 60.8 Å². The first-order valence-electron chi connectivity index (χ1n) is 30.8. The highest BCUT2D eigenvalue weighted by Crippen LogP contribution is 2.16. The van der Waals surface area contributed by atoms with Crippen molar-refractivity contribution in [3.63, 3.8) is 0 Å². The van der Waals surface area contributed by atoms with Gasteiger partial charge in [-0.2, -0.15) is 0 Å². The molecule has 0 radical (unpaired) electrons. The van der Waals surface area contributed by atoms with Crippen molar-refractivity contribution in [2.24, 2.45) is 0 Å². The van der Waals surface area contributed by atoms with Crippen molar-refractivity contribution in [1.29, 1.82) is 0 Å². The van der Waals surface area contributed by atoms with Crippen LogP contribution in [0.4, 0.5) is 0 Å². The fourth-order valence-corrected chi connectivity index (χ4v) is 8.89. The van der Waals surface area contributed by atoms with Crippen molar-refractivity contribution in [1.82, 2.24) is 0 Å². The summed E-state index contributed by atoms with van der Waals surface area (Å²) in [6.45, 7) is 7.69. The lowest BCUT2D eigenvalue weighted by Gasteiger charge is -2.18. The number of hydrogen-bond acceptors (Lipinski definition) is 5. The number of carbonyl (C=O) groups excluding carboxylic acids is 2. The van der Waals surface area contributed by atoms with E-state index in [1.807, 2.05) is 0 Å². The fraction of sp³-hybridized carbons (Fsp3) is 0.815. The van der Waals surface area contributed by atoms with Gasteiger partial charge in [-0.1, -0.05) is 281 Å². The molecule has 0 aromatic carbocycles. The van der Waals surface area contributed by atoms with Gasteiger partial charge in [-0.3, -0.25) is 9.59 Å². The van der Waals surface area contributed by atoms with E-state index in [1.54, 1.807) is 0 Å². The minimum Gasteiger partial charge on any atom is -0.463 e. The maximum Gasteiger partial charge on any atom is 0.305 e. The second kappa shape index (κ2) is 60.9. The van der Waals surface area contributed by atoms with Crippen LogP contribution in [-0.4, -0.2) is 37.9 Å². The van der Waals surface area contributed by atoms with Gasteiger partial charge in [0.15, 0.2) is 0 Å². The van der Waals surface area contributed by atoms with Gasteiger partial charge < -0.3 is 14.2 Å². The summed E-state index contributed by atoms with van der Waals surface area (Å²) in [6, 6.07) is 0. The van der Waals surface area contributed by atoms with E-state index >= 15 is 0 Å². The molecule has 0 fully saturated rings. The summed E-state index contributed by atoms with van der Waals surface area (Å²) < 4.78 is 17.5. The largest absolute Gasteiger partial charge is 0.463 e. The van der Waals surface area contributed by atoms with Gasteiger partial charge in [-0.05, 0) is 83.5 Å². The zero-order valence-electron chi connectivity index (χ0n) is 47.0. The molecule has 0 rings (SSSR count). The SMILES string of the molecule is CCCCC/C=C\C/C=C\C/C=C\C/C=C\CCCC(=O)OC[C@H](COC(=O)CCCCCCCCCCCCC/C=C\CCCCCCCC)OCCCCCCCCCCCCCCCCCC. The zero-order valence-corrected chi connectivity index (χ0v) is 47.0. The molecule has 0 aromatic heterocycles. The Kier molecular flexibility index (Phi) is 58.8. The molecule has 5 nitrogen and oxygen atoms in total. The van der Waals surface area contributed by atoms with Gasteiger partial charge in [0.05, 0.1) is 0 Å². The lowest BCUT2D eigenvalue weighted by atomic mass is 10.0. The summed E-state index contributed by atoms with van der Waals surface area (Å²) in [6.07, 6.45) is 78.5. The van der Waals surface area contributed by atoms with Crippen LogP contribution in [0, 0.1) is 0 Å². The van der Waals surface area contributed by atoms with Gasteiger partial charge in [0.2, 0.25) is 0 Å². The third-order valence-electron chi connectivity index (χ3n) is 13.6. The lowest BCUT2D eigenvalue weighted by molar-refractivity contribution is -0.155. The van der Waals surface area contributed by atoms with Crippen molar-refractivity contribution in [2.45, 2.75) is 322 Å². The van der Waals surface area contributed by atoms with Crippen LogP contribution in [0.5, 0.6) is 0 Å². The zero-order chi connectivity index (χ0) is 50.6. The van der Waals surface area contributed by atoms with Crippen molar-refractivity contribution >= 4 is 11.9 Å². The number of carbonyl (C=O) groups is 2. The number of allylic oxidation sites excluding steroid dienone is 10. The molecule has 0 spiro atoms. The molecule has 0 amide bonds. The second-order valence-electron chi connectivity index (χ2n) is 20.6. The minimum absolute atomic E-state index is 0.131. The van der Waals surface area contributed by atoms with E-state index in [1.165, 1.54) is 225 Å². The van der Waals surface area contributed by atoms with Gasteiger partial charge in [-0.15, -0.1) is 0 Å². The number of unbranched alkanes of at least 4 members (excludes halogenated alkanes) is 36. The molecular formula is C65H118O5. The molecule has 0 aliphatic heterocycles. The molecule has 0 aliphatic rings. The number of esters is 2. The third-order valence-corrected chi connectivity index (χ3v) is 13.6. The summed E-state index contributed by atoms with van der Waals surface area (Å²) >= 11 is 0. The number of rotatable bonds is 57. The molecule has 1 atom stereocenters. The molecule has 408 valence electrons.